The minimum absolute atomic E-state index is 0.172. The Hall–Kier alpha value is -2.21. The van der Waals surface area contributed by atoms with Crippen LogP contribution >= 0.6 is 0 Å². The maximum absolute atomic E-state index is 10.7. The van der Waals surface area contributed by atoms with Gasteiger partial charge in [-0.1, -0.05) is 26.0 Å². The number of carboxylic acid groups (broad SMARTS) is 1. The van der Waals surface area contributed by atoms with Crippen LogP contribution in [-0.2, 0) is 10.2 Å². The molecule has 6 nitrogen and oxygen atoms in total. The van der Waals surface area contributed by atoms with Crippen LogP contribution in [0.2, 0.25) is 0 Å². The summed E-state index contributed by atoms with van der Waals surface area (Å²) in [5.41, 5.74) is 8.80. The van der Waals surface area contributed by atoms with E-state index in [0.717, 1.165) is 5.92 Å². The minimum Gasteiger partial charge on any atom is -0.476 e. The first-order chi connectivity index (χ1) is 10.1. The summed E-state index contributed by atoms with van der Waals surface area (Å²) in [6, 6.07) is 7.61. The van der Waals surface area contributed by atoms with Gasteiger partial charge in [-0.15, -0.1) is 0 Å². The molecule has 0 saturated heterocycles. The summed E-state index contributed by atoms with van der Waals surface area (Å²) in [6.45, 7) is 4.00. The number of nitrogens with one attached hydrogen (secondary N) is 1. The number of nitrogens with two attached hydrogens (primary N) is 2. The van der Waals surface area contributed by atoms with Gasteiger partial charge in [0.1, 0.15) is 5.75 Å². The molecule has 114 valence electrons. The predicted molar refractivity (Wildman–Crippen MR) is 79.0 cm³/mol. The summed E-state index contributed by atoms with van der Waals surface area (Å²) in [5.74, 6) is 5.11. The zero-order valence-corrected chi connectivity index (χ0v) is 12.2. The average molecular weight is 291 g/mol. The Kier molecular flexibility index (Phi) is 4.09. The molecular weight excluding hydrogens is 270 g/mol. The van der Waals surface area contributed by atoms with Crippen LogP contribution in [0.1, 0.15) is 32.3 Å². The Morgan fingerprint density at radius 1 is 1.33 bits per heavy atom. The molecule has 2 saturated carbocycles. The van der Waals surface area contributed by atoms with Crippen molar-refractivity contribution in [3.05, 3.63) is 41.4 Å². The molecular formula is C15H21N3O3. The SMILES string of the molecule is CC.NN/C(Oc1ccc(C23CC2C3)cc1)=C(\N)C(=O)O. The number of hydrogen-bond acceptors (Lipinski definition) is 5. The summed E-state index contributed by atoms with van der Waals surface area (Å²) in [4.78, 5) is 10.7. The molecule has 0 radical (unpaired) electrons. The molecule has 0 bridgehead atoms. The molecule has 0 atom stereocenters. The quantitative estimate of drug-likeness (QED) is 0.283. The molecule has 3 rings (SSSR count). The molecule has 1 aromatic rings. The molecule has 1 aromatic carbocycles. The lowest BCUT2D eigenvalue weighted by Gasteiger charge is -2.11. The van der Waals surface area contributed by atoms with E-state index in [1.54, 1.807) is 12.1 Å². The van der Waals surface area contributed by atoms with E-state index in [1.807, 2.05) is 26.0 Å². The van der Waals surface area contributed by atoms with E-state index in [2.05, 4.69) is 5.43 Å². The molecule has 2 fully saturated rings. The van der Waals surface area contributed by atoms with E-state index in [-0.39, 0.29) is 5.88 Å². The van der Waals surface area contributed by atoms with Crippen molar-refractivity contribution >= 4 is 5.97 Å². The second-order valence-electron chi connectivity index (χ2n) is 5.08. The van der Waals surface area contributed by atoms with Crippen LogP contribution < -0.4 is 21.7 Å². The molecule has 0 aromatic heterocycles. The largest absolute Gasteiger partial charge is 0.476 e. The molecule has 2 aliphatic rings. The molecule has 6 heteroatoms. The topological polar surface area (TPSA) is 111 Å². The number of hydrazine groups is 1. The maximum Gasteiger partial charge on any atom is 0.357 e. The molecule has 0 unspecified atom stereocenters. The van der Waals surface area contributed by atoms with Gasteiger partial charge in [0.25, 0.3) is 0 Å². The Morgan fingerprint density at radius 3 is 2.24 bits per heavy atom. The number of aliphatic carboxylic acids is 1. The second kappa shape index (κ2) is 5.65. The number of benzene rings is 1. The van der Waals surface area contributed by atoms with Gasteiger partial charge in [0, 0.05) is 0 Å². The highest BCUT2D eigenvalue weighted by Crippen LogP contribution is 2.75. The number of rotatable bonds is 5. The van der Waals surface area contributed by atoms with Gasteiger partial charge in [-0.2, -0.15) is 0 Å². The van der Waals surface area contributed by atoms with E-state index in [0.29, 0.717) is 11.2 Å². The molecule has 21 heavy (non-hydrogen) atoms. The van der Waals surface area contributed by atoms with Crippen LogP contribution in [-0.4, -0.2) is 11.1 Å². The maximum atomic E-state index is 10.7. The fourth-order valence-electron chi connectivity index (χ4n) is 2.41. The van der Waals surface area contributed by atoms with Gasteiger partial charge in [0.05, 0.1) is 0 Å². The van der Waals surface area contributed by atoms with Crippen molar-refractivity contribution in [2.45, 2.75) is 32.1 Å². The van der Waals surface area contributed by atoms with Crippen molar-refractivity contribution in [3.63, 3.8) is 0 Å². The Balaban J connectivity index is 0.000000774. The number of fused-ring (bicyclic) bond motifs is 1. The van der Waals surface area contributed by atoms with Gasteiger partial charge < -0.3 is 15.6 Å². The third-order valence-corrected chi connectivity index (χ3v) is 3.94. The van der Waals surface area contributed by atoms with Crippen LogP contribution in [0.25, 0.3) is 0 Å². The fourth-order valence-corrected chi connectivity index (χ4v) is 2.41. The Bertz CT molecular complexity index is 560. The van der Waals surface area contributed by atoms with E-state index in [9.17, 15) is 4.79 Å². The van der Waals surface area contributed by atoms with Crippen molar-refractivity contribution in [2.75, 3.05) is 0 Å². The zero-order chi connectivity index (χ0) is 15.6. The number of hydrogen-bond donors (Lipinski definition) is 4. The molecule has 0 spiro atoms. The highest BCUT2D eigenvalue weighted by atomic mass is 16.5. The van der Waals surface area contributed by atoms with E-state index in [1.165, 1.54) is 18.4 Å². The van der Waals surface area contributed by atoms with E-state index in [4.69, 9.17) is 21.4 Å². The number of carboxylic acids is 1. The third-order valence-electron chi connectivity index (χ3n) is 3.94. The van der Waals surface area contributed by atoms with E-state index >= 15 is 0 Å². The summed E-state index contributed by atoms with van der Waals surface area (Å²) < 4.78 is 5.33. The predicted octanol–water partition coefficient (Wildman–Crippen LogP) is 1.43. The summed E-state index contributed by atoms with van der Waals surface area (Å²) in [6.07, 6.45) is 2.57. The van der Waals surface area contributed by atoms with Crippen molar-refractivity contribution in [1.82, 2.24) is 5.43 Å². The lowest BCUT2D eigenvalue weighted by Crippen LogP contribution is -2.31. The Morgan fingerprint density at radius 2 is 1.86 bits per heavy atom. The van der Waals surface area contributed by atoms with Gasteiger partial charge in [-0.3, -0.25) is 5.43 Å². The Labute approximate surface area is 123 Å². The minimum atomic E-state index is -1.29. The number of carbonyl (C=O) groups is 1. The molecule has 2 aliphatic carbocycles. The summed E-state index contributed by atoms with van der Waals surface area (Å²) in [7, 11) is 0. The molecule has 0 amide bonds. The molecule has 0 heterocycles. The zero-order valence-electron chi connectivity index (χ0n) is 12.2. The van der Waals surface area contributed by atoms with Gasteiger partial charge in [-0.05, 0) is 41.9 Å². The van der Waals surface area contributed by atoms with Crippen molar-refractivity contribution in [1.29, 1.82) is 0 Å². The summed E-state index contributed by atoms with van der Waals surface area (Å²) in [5, 5.41) is 8.77. The first-order valence-electron chi connectivity index (χ1n) is 7.05. The van der Waals surface area contributed by atoms with Gasteiger partial charge in [0.2, 0.25) is 5.88 Å². The fraction of sp³-hybridized carbons (Fsp3) is 0.400. The first kappa shape index (κ1) is 15.2. The van der Waals surface area contributed by atoms with Gasteiger partial charge in [0.15, 0.2) is 5.70 Å². The second-order valence-corrected chi connectivity index (χ2v) is 5.08. The average Bonchev–Trinajstić information content (AvgIpc) is 3.36. The van der Waals surface area contributed by atoms with Gasteiger partial charge >= 0.3 is 5.97 Å². The molecule has 0 aliphatic heterocycles. The van der Waals surface area contributed by atoms with Crippen LogP contribution in [0, 0.1) is 5.92 Å². The van der Waals surface area contributed by atoms with Crippen LogP contribution in [0.15, 0.2) is 35.8 Å². The smallest absolute Gasteiger partial charge is 0.357 e. The van der Waals surface area contributed by atoms with Crippen LogP contribution in [0.5, 0.6) is 5.75 Å². The van der Waals surface area contributed by atoms with Gasteiger partial charge in [-0.25, -0.2) is 10.6 Å². The van der Waals surface area contributed by atoms with Crippen molar-refractivity contribution < 1.29 is 14.6 Å². The van der Waals surface area contributed by atoms with E-state index < -0.39 is 11.7 Å². The monoisotopic (exact) mass is 291 g/mol. The first-order valence-corrected chi connectivity index (χ1v) is 7.05. The highest BCUT2D eigenvalue weighted by molar-refractivity contribution is 5.85. The van der Waals surface area contributed by atoms with Crippen LogP contribution in [0.4, 0.5) is 0 Å². The lowest BCUT2D eigenvalue weighted by atomic mass is 10.0. The third kappa shape index (κ3) is 2.80. The standard InChI is InChI=1S/C13H15N3O3.C2H6/c14-10(12(17)18)11(16-15)19-9-3-1-7(2-4-9)13-5-8(13)6-13;1-2/h1-4,8,16H,5-6,14-15H2,(H,17,18);1-2H3/b11-10+;. The highest BCUT2D eigenvalue weighted by Gasteiger charge is 2.70. The van der Waals surface area contributed by atoms with Crippen molar-refractivity contribution in [2.24, 2.45) is 17.5 Å². The molecule has 6 N–H and O–H groups in total. The summed E-state index contributed by atoms with van der Waals surface area (Å²) >= 11 is 0. The van der Waals surface area contributed by atoms with Crippen LogP contribution in [0.3, 0.4) is 0 Å². The normalized spacial score (nSPS) is 25.6. The lowest BCUT2D eigenvalue weighted by molar-refractivity contribution is -0.132. The number of ether oxygens (including phenoxy) is 1. The van der Waals surface area contributed by atoms with Crippen molar-refractivity contribution in [3.8, 4) is 5.75 Å².